The Hall–Kier alpha value is -4.19. The Balaban J connectivity index is 1.74. The number of hydrogen-bond acceptors (Lipinski definition) is 3. The maximum Gasteiger partial charge on any atom is 0.418 e. The predicted octanol–water partition coefficient (Wildman–Crippen LogP) is 8.22. The molecule has 4 rings (SSSR count). The second-order valence-electron chi connectivity index (χ2n) is 11.2. The minimum absolute atomic E-state index is 0.0438. The van der Waals surface area contributed by atoms with Gasteiger partial charge in [0.15, 0.2) is 0 Å². The predicted molar refractivity (Wildman–Crippen MR) is 158 cm³/mol. The van der Waals surface area contributed by atoms with Crippen LogP contribution in [0.5, 0.6) is 0 Å². The lowest BCUT2D eigenvalue weighted by molar-refractivity contribution is -0.136. The first-order valence-electron chi connectivity index (χ1n) is 13.6. The van der Waals surface area contributed by atoms with Gasteiger partial charge in [0.05, 0.1) is 16.8 Å². The van der Waals surface area contributed by atoms with Crippen LogP contribution in [-0.4, -0.2) is 59.0 Å². The lowest BCUT2D eigenvalue weighted by atomic mass is 10.0. The maximum atomic E-state index is 15.8. The number of urea groups is 1. The molecule has 1 fully saturated rings. The number of amidine groups is 1. The zero-order valence-corrected chi connectivity index (χ0v) is 25.1. The van der Waals surface area contributed by atoms with E-state index in [9.17, 15) is 27.2 Å². The topological polar surface area (TPSA) is 74.2 Å². The van der Waals surface area contributed by atoms with Crippen molar-refractivity contribution in [3.05, 3.63) is 88.4 Å². The van der Waals surface area contributed by atoms with Crippen molar-refractivity contribution in [3.63, 3.8) is 0 Å². The molecule has 0 radical (unpaired) electrons. The number of rotatable bonds is 3. The zero-order chi connectivity index (χ0) is 32.4. The van der Waals surface area contributed by atoms with E-state index >= 15 is 4.39 Å². The van der Waals surface area contributed by atoms with Crippen molar-refractivity contribution in [3.8, 4) is 11.1 Å². The number of nitrogens with zero attached hydrogens (tertiary/aromatic N) is 3. The zero-order valence-electron chi connectivity index (χ0n) is 24.3. The minimum atomic E-state index is -4.76. The number of ether oxygens (including phenoxy) is 1. The molecule has 0 bridgehead atoms. The van der Waals surface area contributed by atoms with Crippen LogP contribution in [0.3, 0.4) is 0 Å². The summed E-state index contributed by atoms with van der Waals surface area (Å²) in [5.41, 5.74) is -2.52. The van der Waals surface area contributed by atoms with Crippen LogP contribution in [0.4, 0.5) is 37.2 Å². The van der Waals surface area contributed by atoms with E-state index in [2.05, 4.69) is 10.3 Å². The molecule has 13 heteroatoms. The number of carbonyl (C=O) groups is 2. The first kappa shape index (κ1) is 32.7. The molecular formula is C31H30ClF5N4O3. The number of anilines is 1. The Morgan fingerprint density at radius 1 is 0.955 bits per heavy atom. The Bertz CT molecular complexity index is 1590. The minimum Gasteiger partial charge on any atom is -0.444 e. The summed E-state index contributed by atoms with van der Waals surface area (Å²) in [4.78, 5) is 32.8. The monoisotopic (exact) mass is 636 g/mol. The van der Waals surface area contributed by atoms with Crippen LogP contribution in [0.25, 0.3) is 11.1 Å². The Morgan fingerprint density at radius 2 is 1.61 bits per heavy atom. The van der Waals surface area contributed by atoms with Crippen LogP contribution < -0.4 is 5.32 Å². The van der Waals surface area contributed by atoms with Crippen molar-refractivity contribution >= 4 is 35.2 Å². The highest BCUT2D eigenvalue weighted by Crippen LogP contribution is 2.35. The molecule has 1 atom stereocenters. The number of amides is 3. The summed E-state index contributed by atoms with van der Waals surface area (Å²) in [5, 5.41) is 2.09. The van der Waals surface area contributed by atoms with Crippen LogP contribution in [0.2, 0.25) is 5.02 Å². The highest BCUT2D eigenvalue weighted by molar-refractivity contribution is 6.33. The van der Waals surface area contributed by atoms with Crippen LogP contribution in [-0.2, 0) is 10.9 Å². The fourth-order valence-electron chi connectivity index (χ4n) is 4.73. The molecule has 1 N–H and O–H groups in total. The number of nitrogens with one attached hydrogen (secondary N) is 1. The van der Waals surface area contributed by atoms with Gasteiger partial charge in [-0.15, -0.1) is 0 Å². The van der Waals surface area contributed by atoms with Crippen molar-refractivity contribution in [1.82, 2.24) is 9.80 Å². The van der Waals surface area contributed by atoms with E-state index in [4.69, 9.17) is 16.3 Å². The van der Waals surface area contributed by atoms with E-state index in [1.807, 2.05) is 0 Å². The van der Waals surface area contributed by atoms with Crippen molar-refractivity contribution in [2.45, 2.75) is 45.5 Å². The molecule has 0 saturated carbocycles. The first-order valence-corrected chi connectivity index (χ1v) is 14.0. The van der Waals surface area contributed by atoms with E-state index < -0.39 is 52.8 Å². The fraction of sp³-hybridized carbons (Fsp3) is 0.323. The Labute approximate surface area is 256 Å². The smallest absolute Gasteiger partial charge is 0.418 e. The van der Waals surface area contributed by atoms with Crippen molar-refractivity contribution in [2.75, 3.05) is 25.0 Å². The molecule has 3 amide bonds. The molecule has 3 aromatic carbocycles. The first-order chi connectivity index (χ1) is 20.5. The third-order valence-corrected chi connectivity index (χ3v) is 7.01. The third kappa shape index (κ3) is 7.65. The molecule has 44 heavy (non-hydrogen) atoms. The summed E-state index contributed by atoms with van der Waals surface area (Å²) < 4.78 is 76.4. The summed E-state index contributed by atoms with van der Waals surface area (Å²) in [7, 11) is 0. The highest BCUT2D eigenvalue weighted by atomic mass is 35.5. The van der Waals surface area contributed by atoms with Crippen LogP contribution >= 0.6 is 11.6 Å². The average molecular weight is 637 g/mol. The van der Waals surface area contributed by atoms with Gasteiger partial charge in [0.1, 0.15) is 23.1 Å². The van der Waals surface area contributed by atoms with E-state index in [0.29, 0.717) is 0 Å². The van der Waals surface area contributed by atoms with E-state index in [0.717, 1.165) is 18.2 Å². The number of hydrogen-bond donors (Lipinski definition) is 1. The molecule has 3 aromatic rings. The van der Waals surface area contributed by atoms with Gasteiger partial charge in [0.2, 0.25) is 0 Å². The molecule has 1 saturated heterocycles. The number of halogens is 6. The molecule has 1 aliphatic heterocycles. The number of alkyl halides is 3. The summed E-state index contributed by atoms with van der Waals surface area (Å²) in [6.45, 7) is 7.16. The lowest BCUT2D eigenvalue weighted by Gasteiger charge is -2.41. The van der Waals surface area contributed by atoms with Gasteiger partial charge in [0.25, 0.3) is 0 Å². The molecule has 7 nitrogen and oxygen atoms in total. The summed E-state index contributed by atoms with van der Waals surface area (Å²) in [5.74, 6) is -1.77. The fourth-order valence-corrected chi connectivity index (χ4v) is 4.99. The third-order valence-electron chi connectivity index (χ3n) is 6.69. The Kier molecular flexibility index (Phi) is 9.53. The number of benzene rings is 3. The van der Waals surface area contributed by atoms with Gasteiger partial charge >= 0.3 is 18.3 Å². The van der Waals surface area contributed by atoms with Gasteiger partial charge in [0, 0.05) is 41.8 Å². The number of aliphatic imine (C=N–C) groups is 1. The molecule has 1 aliphatic rings. The quantitative estimate of drug-likeness (QED) is 0.179. The number of piperazine rings is 1. The summed E-state index contributed by atoms with van der Waals surface area (Å²) in [6.07, 6.45) is -5.32. The van der Waals surface area contributed by atoms with Gasteiger partial charge in [-0.2, -0.15) is 18.2 Å². The number of para-hydroxylation sites is 1. The van der Waals surface area contributed by atoms with Gasteiger partial charge in [-0.25, -0.2) is 18.4 Å². The van der Waals surface area contributed by atoms with Crippen LogP contribution in [0, 0.1) is 11.6 Å². The van der Waals surface area contributed by atoms with Crippen LogP contribution in [0.1, 0.15) is 38.8 Å². The lowest BCUT2D eigenvalue weighted by Crippen LogP contribution is -2.56. The molecule has 1 unspecified atom stereocenters. The molecule has 0 aliphatic carbocycles. The molecule has 234 valence electrons. The Morgan fingerprint density at radius 3 is 2.25 bits per heavy atom. The molecular weight excluding hydrogens is 607 g/mol. The maximum absolute atomic E-state index is 15.8. The molecule has 0 aromatic heterocycles. The van der Waals surface area contributed by atoms with Crippen molar-refractivity contribution < 1.29 is 36.3 Å². The van der Waals surface area contributed by atoms with Gasteiger partial charge < -0.3 is 19.9 Å². The van der Waals surface area contributed by atoms with E-state index in [1.54, 1.807) is 38.7 Å². The normalized spacial score (nSPS) is 16.1. The van der Waals surface area contributed by atoms with Crippen molar-refractivity contribution in [1.29, 1.82) is 0 Å². The standard InChI is InChI=1S/C31H30ClF5N4O3/c1-18-17-40(29(43)44-30(2,3)4)13-14-41(18)27(39-28(42)38-26-12-8-6-10-22(26)31(35,36)37)21-15-23(32)20(16-25(21)34)19-9-5-7-11-24(19)33/h5-12,15-16,18H,13-14,17H2,1-4H3,(H,38,42). The average Bonchev–Trinajstić information content (AvgIpc) is 2.92. The number of carbonyl (C=O) groups excluding carboxylic acids is 2. The molecule has 0 spiro atoms. The van der Waals surface area contributed by atoms with Gasteiger partial charge in [-0.05, 0) is 58.0 Å². The SMILES string of the molecule is CC1CN(C(=O)OC(C)(C)C)CCN1C(=NC(=O)Nc1ccccc1C(F)(F)F)c1cc(Cl)c(-c2ccccc2F)cc1F. The second kappa shape index (κ2) is 12.8. The van der Waals surface area contributed by atoms with E-state index in [-0.39, 0.29) is 47.2 Å². The highest BCUT2D eigenvalue weighted by Gasteiger charge is 2.35. The van der Waals surface area contributed by atoms with Crippen molar-refractivity contribution in [2.24, 2.45) is 4.99 Å². The summed E-state index contributed by atoms with van der Waals surface area (Å²) >= 11 is 6.49. The largest absolute Gasteiger partial charge is 0.444 e. The van der Waals surface area contributed by atoms with Crippen LogP contribution in [0.15, 0.2) is 65.7 Å². The molecule has 1 heterocycles. The van der Waals surface area contributed by atoms with Gasteiger partial charge in [-0.1, -0.05) is 41.9 Å². The second-order valence-corrected chi connectivity index (χ2v) is 11.6. The van der Waals surface area contributed by atoms with E-state index in [1.165, 1.54) is 41.3 Å². The summed E-state index contributed by atoms with van der Waals surface area (Å²) in [6, 6.07) is 10.4. The van der Waals surface area contributed by atoms with Gasteiger partial charge in [-0.3, -0.25) is 0 Å².